The highest BCUT2D eigenvalue weighted by molar-refractivity contribution is 9.12. The van der Waals surface area contributed by atoms with Crippen LogP contribution in [0.4, 0.5) is 0 Å². The summed E-state index contributed by atoms with van der Waals surface area (Å²) in [5.41, 5.74) is 4.98. The van der Waals surface area contributed by atoms with Gasteiger partial charge in [-0.1, -0.05) is 41.5 Å². The van der Waals surface area contributed by atoms with E-state index in [-0.39, 0.29) is 15.3 Å². The maximum absolute atomic E-state index is 10.9. The van der Waals surface area contributed by atoms with Gasteiger partial charge in [-0.25, -0.2) is 9.97 Å². The molecule has 0 amide bonds. The number of allylic oxidation sites excluding steroid dienone is 2. The van der Waals surface area contributed by atoms with E-state index in [0.717, 1.165) is 11.4 Å². The number of aliphatic hydroxyl groups excluding tert-OH is 1. The highest BCUT2D eigenvalue weighted by Crippen LogP contribution is 2.28. The first-order valence-corrected chi connectivity index (χ1v) is 11.5. The number of pyridine rings is 2. The number of carbonyl (C=O) groups is 2. The molecule has 0 unspecified atom stereocenters. The predicted octanol–water partition coefficient (Wildman–Crippen LogP) is 4.43. The van der Waals surface area contributed by atoms with Crippen LogP contribution in [0.25, 0.3) is 11.4 Å². The zero-order valence-corrected chi connectivity index (χ0v) is 22.0. The third-order valence-electron chi connectivity index (χ3n) is 4.80. The molecule has 3 rings (SSSR count). The van der Waals surface area contributed by atoms with Crippen LogP contribution in [-0.4, -0.2) is 21.7 Å². The average molecular weight is 566 g/mol. The van der Waals surface area contributed by atoms with E-state index < -0.39 is 27.6 Å². The standard InChI is InChI=1S/C18H24N2.C6H2Br2O4/c1-17(2,3)13-7-9-19-15(11-13)16-12-14(8-10-20-16)18(4,5)6;7-1-3(9)5(11)2(8)6(12)4(1)10/h7-12H,1-6H3;9,12H. The zero-order chi connectivity index (χ0) is 24.4. The third-order valence-corrected chi connectivity index (χ3v) is 6.25. The number of hydrogen-bond donors (Lipinski definition) is 1. The lowest BCUT2D eigenvalue weighted by atomic mass is 9.86. The number of hydrogen-bond acceptors (Lipinski definition) is 5. The second-order valence-corrected chi connectivity index (χ2v) is 11.0. The largest absolute Gasteiger partial charge is 0.869 e. The molecule has 2 aromatic rings. The molecule has 0 spiro atoms. The fraction of sp³-hybridized carbons (Fsp3) is 0.333. The summed E-state index contributed by atoms with van der Waals surface area (Å²) < 4.78 is -0.825. The number of Topliss-reactive ketones (excluding diaryl/α,β-unsaturated/α-hetero) is 2. The Morgan fingerprint density at radius 2 is 1.47 bits per heavy atom. The summed E-state index contributed by atoms with van der Waals surface area (Å²) in [6.45, 7) is 13.4. The molecule has 32 heavy (non-hydrogen) atoms. The van der Waals surface area contributed by atoms with Crippen molar-refractivity contribution in [3.63, 3.8) is 0 Å². The Labute approximate surface area is 204 Å². The van der Waals surface area contributed by atoms with E-state index in [2.05, 4.69) is 108 Å². The van der Waals surface area contributed by atoms with Crippen molar-refractivity contribution >= 4 is 43.4 Å². The maximum atomic E-state index is 10.9. The number of ketones is 2. The Morgan fingerprint density at radius 1 is 0.906 bits per heavy atom. The molecule has 0 radical (unpaired) electrons. The molecule has 6 nitrogen and oxygen atoms in total. The third kappa shape index (κ3) is 5.92. The lowest BCUT2D eigenvalue weighted by Gasteiger charge is -2.19. The summed E-state index contributed by atoms with van der Waals surface area (Å²) >= 11 is 5.24. The first-order valence-electron chi connectivity index (χ1n) is 9.88. The van der Waals surface area contributed by atoms with Crippen molar-refractivity contribution in [2.24, 2.45) is 0 Å². The minimum Gasteiger partial charge on any atom is -0.869 e. The molecule has 8 heteroatoms. The van der Waals surface area contributed by atoms with Crippen molar-refractivity contribution in [1.29, 1.82) is 0 Å². The topological polar surface area (TPSA) is 104 Å². The smallest absolute Gasteiger partial charge is 0.235 e. The second kappa shape index (κ2) is 9.67. The molecule has 0 saturated carbocycles. The SMILES string of the molecule is CC(C)(C)c1ccnc(-c2cc(C(C)(C)C)cc[nH+]2)c1.O=C1C(O)=C(Br)C(=O)C([O-])=C1Br. The minimum absolute atomic E-state index is 0.138. The van der Waals surface area contributed by atoms with Crippen molar-refractivity contribution in [2.45, 2.75) is 52.4 Å². The first-order chi connectivity index (χ1) is 14.6. The lowest BCUT2D eigenvalue weighted by molar-refractivity contribution is -0.365. The summed E-state index contributed by atoms with van der Waals surface area (Å²) in [7, 11) is 0. The number of H-pyrrole nitrogens is 1. The average Bonchev–Trinajstić information content (AvgIpc) is 2.74. The molecule has 0 atom stereocenters. The van der Waals surface area contributed by atoms with Gasteiger partial charge in [0.2, 0.25) is 11.5 Å². The Balaban J connectivity index is 0.000000258. The normalized spacial score (nSPS) is 15.0. The van der Waals surface area contributed by atoms with Crippen molar-refractivity contribution in [1.82, 2.24) is 4.98 Å². The Hall–Kier alpha value is -2.32. The molecule has 0 bridgehead atoms. The highest BCUT2D eigenvalue weighted by atomic mass is 79.9. The van der Waals surface area contributed by atoms with E-state index in [1.807, 2.05) is 12.4 Å². The maximum Gasteiger partial charge on any atom is 0.235 e. The summed E-state index contributed by atoms with van der Waals surface area (Å²) in [6, 6.07) is 8.61. The van der Waals surface area contributed by atoms with Crippen LogP contribution in [0.1, 0.15) is 52.7 Å². The number of nitrogens with zero attached hydrogens (tertiary/aromatic N) is 1. The highest BCUT2D eigenvalue weighted by Gasteiger charge is 2.27. The van der Waals surface area contributed by atoms with Crippen molar-refractivity contribution < 1.29 is 24.8 Å². The van der Waals surface area contributed by atoms with Gasteiger partial charge in [-0.3, -0.25) is 9.59 Å². The van der Waals surface area contributed by atoms with E-state index in [4.69, 9.17) is 5.11 Å². The van der Waals surface area contributed by atoms with E-state index in [1.165, 1.54) is 11.1 Å². The molecule has 2 heterocycles. The fourth-order valence-corrected chi connectivity index (χ4v) is 3.47. The van der Waals surface area contributed by atoms with Gasteiger partial charge < -0.3 is 10.2 Å². The minimum atomic E-state index is -0.954. The number of carbonyl (C=O) groups excluding carboxylic acids is 2. The van der Waals surface area contributed by atoms with Gasteiger partial charge in [0.25, 0.3) is 0 Å². The van der Waals surface area contributed by atoms with Crippen molar-refractivity contribution in [3.05, 3.63) is 68.3 Å². The number of aromatic amines is 1. The molecule has 170 valence electrons. The number of aromatic nitrogens is 2. The summed E-state index contributed by atoms with van der Waals surface area (Å²) in [6.07, 6.45) is 3.90. The van der Waals surface area contributed by atoms with E-state index in [9.17, 15) is 14.7 Å². The number of aliphatic hydroxyl groups is 1. The molecule has 1 aliphatic carbocycles. The van der Waals surface area contributed by atoms with Gasteiger partial charge in [0, 0.05) is 18.3 Å². The van der Waals surface area contributed by atoms with Gasteiger partial charge in [0.1, 0.15) is 10.2 Å². The molecule has 1 aliphatic rings. The fourth-order valence-electron chi connectivity index (χ4n) is 2.74. The van der Waals surface area contributed by atoms with Crippen LogP contribution >= 0.6 is 31.9 Å². The Kier molecular flexibility index (Phi) is 7.83. The van der Waals surface area contributed by atoms with Gasteiger partial charge in [-0.05, 0) is 71.7 Å². The van der Waals surface area contributed by atoms with Crippen molar-refractivity contribution in [3.8, 4) is 11.4 Å². The molecule has 2 aromatic heterocycles. The number of halogens is 2. The van der Waals surface area contributed by atoms with Crippen LogP contribution in [-0.2, 0) is 20.4 Å². The molecule has 0 aromatic carbocycles. The van der Waals surface area contributed by atoms with Crippen LogP contribution in [0, 0.1) is 0 Å². The van der Waals surface area contributed by atoms with Gasteiger partial charge in [-0.2, -0.15) is 0 Å². The van der Waals surface area contributed by atoms with Crippen molar-refractivity contribution in [2.75, 3.05) is 0 Å². The molecule has 2 N–H and O–H groups in total. The molecule has 0 fully saturated rings. The van der Waals surface area contributed by atoms with Gasteiger partial charge >= 0.3 is 0 Å². The van der Waals surface area contributed by atoms with E-state index in [1.54, 1.807) is 0 Å². The summed E-state index contributed by atoms with van der Waals surface area (Å²) in [5.74, 6) is -3.51. The van der Waals surface area contributed by atoms with Crippen LogP contribution in [0.3, 0.4) is 0 Å². The molecule has 0 saturated heterocycles. The summed E-state index contributed by atoms with van der Waals surface area (Å²) in [4.78, 5) is 29.6. The molecule has 0 aliphatic heterocycles. The zero-order valence-electron chi connectivity index (χ0n) is 18.8. The molecular formula is C24H26Br2N2O4. The Morgan fingerprint density at radius 3 is 2.03 bits per heavy atom. The van der Waals surface area contributed by atoms with Gasteiger partial charge in [-0.15, -0.1) is 0 Å². The van der Waals surface area contributed by atoms with E-state index >= 15 is 0 Å². The van der Waals surface area contributed by atoms with Crippen LogP contribution in [0.2, 0.25) is 0 Å². The lowest BCUT2D eigenvalue weighted by Crippen LogP contribution is -2.26. The quantitative estimate of drug-likeness (QED) is 0.515. The Bertz CT molecular complexity index is 1010. The van der Waals surface area contributed by atoms with Gasteiger partial charge in [0.15, 0.2) is 17.7 Å². The predicted molar refractivity (Wildman–Crippen MR) is 128 cm³/mol. The second-order valence-electron chi connectivity index (χ2n) is 9.38. The van der Waals surface area contributed by atoms with Crippen LogP contribution < -0.4 is 10.1 Å². The number of rotatable bonds is 1. The van der Waals surface area contributed by atoms with E-state index in [0.29, 0.717) is 0 Å². The summed E-state index contributed by atoms with van der Waals surface area (Å²) in [5, 5.41) is 19.8. The number of nitrogens with one attached hydrogen (secondary N) is 1. The monoisotopic (exact) mass is 564 g/mol. The molecular weight excluding hydrogens is 540 g/mol. The van der Waals surface area contributed by atoms with Gasteiger partial charge in [0.05, 0.1) is 4.48 Å². The van der Waals surface area contributed by atoms with Crippen LogP contribution in [0.5, 0.6) is 0 Å². The van der Waals surface area contributed by atoms with Crippen LogP contribution in [0.15, 0.2) is 57.1 Å². The first kappa shape index (κ1) is 25.9.